The van der Waals surface area contributed by atoms with Gasteiger partial charge in [0.15, 0.2) is 0 Å². The van der Waals surface area contributed by atoms with Gasteiger partial charge in [-0.05, 0) is 105 Å². The third-order valence-electron chi connectivity index (χ3n) is 7.59. The zero-order chi connectivity index (χ0) is 25.3. The van der Waals surface area contributed by atoms with Crippen LogP contribution in [0.3, 0.4) is 0 Å². The van der Waals surface area contributed by atoms with Gasteiger partial charge in [0.2, 0.25) is 0 Å². The summed E-state index contributed by atoms with van der Waals surface area (Å²) in [5.74, 6) is 1.76. The van der Waals surface area contributed by atoms with E-state index in [-0.39, 0.29) is 12.3 Å². The molecule has 6 nitrogen and oxygen atoms in total. The maximum atomic E-state index is 11.6. The van der Waals surface area contributed by atoms with Crippen LogP contribution < -0.4 is 9.47 Å². The molecule has 2 atom stereocenters. The van der Waals surface area contributed by atoms with Gasteiger partial charge in [-0.3, -0.25) is 9.78 Å². The molecule has 192 valence electrons. The van der Waals surface area contributed by atoms with Gasteiger partial charge in [0.25, 0.3) is 0 Å². The van der Waals surface area contributed by atoms with E-state index in [4.69, 9.17) is 9.47 Å². The predicted molar refractivity (Wildman–Crippen MR) is 143 cm³/mol. The van der Waals surface area contributed by atoms with Gasteiger partial charge in [0, 0.05) is 24.5 Å². The van der Waals surface area contributed by atoms with Crippen molar-refractivity contribution in [2.45, 2.75) is 44.9 Å². The molecule has 1 saturated heterocycles. The number of likely N-dealkylation sites (tertiary alicyclic amines) is 1. The summed E-state index contributed by atoms with van der Waals surface area (Å²) in [5, 5.41) is 10.7. The first-order valence-corrected chi connectivity index (χ1v) is 13.0. The maximum absolute atomic E-state index is 11.6. The lowest BCUT2D eigenvalue weighted by molar-refractivity contribution is -0.139. The number of rotatable bonds is 12. The van der Waals surface area contributed by atoms with Crippen LogP contribution in [0.5, 0.6) is 11.5 Å². The molecule has 6 heteroatoms. The Balaban J connectivity index is 1.31. The van der Waals surface area contributed by atoms with Gasteiger partial charge in [0.1, 0.15) is 11.5 Å². The van der Waals surface area contributed by atoms with Gasteiger partial charge in [-0.1, -0.05) is 18.2 Å². The molecule has 1 N–H and O–H groups in total. The van der Waals surface area contributed by atoms with Gasteiger partial charge in [-0.25, -0.2) is 0 Å². The van der Waals surface area contributed by atoms with Crippen LogP contribution in [0.25, 0.3) is 10.9 Å². The Morgan fingerprint density at radius 1 is 1.03 bits per heavy atom. The molecule has 2 heterocycles. The SMILES string of the molecule is COc1ccc2nccc(CCC[C@@H]3CCN(CCCc4ccccc4OC)C[C@@H]3CC(=O)O)c2c1. The van der Waals surface area contributed by atoms with Crippen LogP contribution in [0.2, 0.25) is 0 Å². The summed E-state index contributed by atoms with van der Waals surface area (Å²) in [7, 11) is 3.40. The Morgan fingerprint density at radius 3 is 2.67 bits per heavy atom. The van der Waals surface area contributed by atoms with Gasteiger partial charge < -0.3 is 19.5 Å². The highest BCUT2D eigenvalue weighted by Gasteiger charge is 2.30. The molecule has 1 aromatic heterocycles. The van der Waals surface area contributed by atoms with Gasteiger partial charge >= 0.3 is 5.97 Å². The van der Waals surface area contributed by atoms with Gasteiger partial charge in [-0.2, -0.15) is 0 Å². The number of carboxylic acids is 1. The first-order valence-electron chi connectivity index (χ1n) is 13.0. The minimum Gasteiger partial charge on any atom is -0.497 e. The van der Waals surface area contributed by atoms with Crippen molar-refractivity contribution in [3.8, 4) is 11.5 Å². The number of hydrogen-bond donors (Lipinski definition) is 1. The quantitative estimate of drug-likeness (QED) is 0.355. The molecule has 4 rings (SSSR count). The van der Waals surface area contributed by atoms with Gasteiger partial charge in [-0.15, -0.1) is 0 Å². The highest BCUT2D eigenvalue weighted by molar-refractivity contribution is 5.83. The summed E-state index contributed by atoms with van der Waals surface area (Å²) in [4.78, 5) is 18.6. The highest BCUT2D eigenvalue weighted by atomic mass is 16.5. The smallest absolute Gasteiger partial charge is 0.303 e. The number of piperidine rings is 1. The van der Waals surface area contributed by atoms with Crippen molar-refractivity contribution >= 4 is 16.9 Å². The molecule has 3 aromatic rings. The van der Waals surface area contributed by atoms with Crippen LogP contribution >= 0.6 is 0 Å². The van der Waals surface area contributed by atoms with Crippen molar-refractivity contribution in [1.29, 1.82) is 0 Å². The number of pyridine rings is 1. The number of aliphatic carboxylic acids is 1. The van der Waals surface area contributed by atoms with E-state index in [9.17, 15) is 9.90 Å². The van der Waals surface area contributed by atoms with E-state index < -0.39 is 5.97 Å². The third kappa shape index (κ3) is 6.76. The minimum atomic E-state index is -0.687. The maximum Gasteiger partial charge on any atom is 0.303 e. The Bertz CT molecular complexity index is 1150. The van der Waals surface area contributed by atoms with E-state index in [0.29, 0.717) is 5.92 Å². The number of carboxylic acid groups (broad SMARTS) is 1. The fraction of sp³-hybridized carbons (Fsp3) is 0.467. The molecule has 1 aliphatic heterocycles. The zero-order valence-corrected chi connectivity index (χ0v) is 21.5. The van der Waals surface area contributed by atoms with E-state index in [2.05, 4.69) is 34.1 Å². The summed E-state index contributed by atoms with van der Waals surface area (Å²) in [6.07, 6.45) is 8.28. The van der Waals surface area contributed by atoms with Crippen LogP contribution in [-0.2, 0) is 17.6 Å². The fourth-order valence-electron chi connectivity index (χ4n) is 5.68. The molecule has 0 saturated carbocycles. The Kier molecular flexibility index (Phi) is 9.17. The average molecular weight is 491 g/mol. The zero-order valence-electron chi connectivity index (χ0n) is 21.5. The van der Waals surface area contributed by atoms with Crippen LogP contribution in [0.1, 0.15) is 43.2 Å². The molecular weight excluding hydrogens is 452 g/mol. The van der Waals surface area contributed by atoms with E-state index in [1.54, 1.807) is 14.2 Å². The lowest BCUT2D eigenvalue weighted by atomic mass is 9.79. The Labute approximate surface area is 214 Å². The summed E-state index contributed by atoms with van der Waals surface area (Å²) in [5.41, 5.74) is 3.50. The second-order valence-corrected chi connectivity index (χ2v) is 9.87. The summed E-state index contributed by atoms with van der Waals surface area (Å²) in [6, 6.07) is 16.3. The minimum absolute atomic E-state index is 0.205. The third-order valence-corrected chi connectivity index (χ3v) is 7.59. The normalized spacial score (nSPS) is 18.3. The molecule has 0 bridgehead atoms. The number of benzene rings is 2. The van der Waals surface area contributed by atoms with Crippen LogP contribution in [0.15, 0.2) is 54.7 Å². The van der Waals surface area contributed by atoms with Crippen LogP contribution in [0, 0.1) is 11.8 Å². The second kappa shape index (κ2) is 12.7. The van der Waals surface area contributed by atoms with E-state index in [1.807, 2.05) is 30.5 Å². The Morgan fingerprint density at radius 2 is 1.86 bits per heavy atom. The highest BCUT2D eigenvalue weighted by Crippen LogP contribution is 2.32. The molecule has 0 radical (unpaired) electrons. The number of aryl methyl sites for hydroxylation is 2. The summed E-state index contributed by atoms with van der Waals surface area (Å²) < 4.78 is 10.9. The number of nitrogens with zero attached hydrogens (tertiary/aromatic N) is 2. The van der Waals surface area contributed by atoms with Crippen molar-refractivity contribution in [3.05, 3.63) is 65.9 Å². The molecule has 1 fully saturated rings. The van der Waals surface area contributed by atoms with Crippen molar-refractivity contribution in [2.75, 3.05) is 33.9 Å². The number of para-hydroxylation sites is 1. The second-order valence-electron chi connectivity index (χ2n) is 9.87. The van der Waals surface area contributed by atoms with Crippen LogP contribution in [0.4, 0.5) is 0 Å². The van der Waals surface area contributed by atoms with E-state index >= 15 is 0 Å². The largest absolute Gasteiger partial charge is 0.497 e. The molecular formula is C30H38N2O4. The number of methoxy groups -OCH3 is 2. The predicted octanol–water partition coefficient (Wildman–Crippen LogP) is 5.62. The van der Waals surface area contributed by atoms with Crippen molar-refractivity contribution < 1.29 is 19.4 Å². The average Bonchev–Trinajstić information content (AvgIpc) is 2.89. The van der Waals surface area contributed by atoms with Gasteiger partial charge in [0.05, 0.1) is 19.7 Å². The number of aromatic nitrogens is 1. The molecule has 0 amide bonds. The lowest BCUT2D eigenvalue weighted by Gasteiger charge is -2.38. The molecule has 1 aliphatic rings. The lowest BCUT2D eigenvalue weighted by Crippen LogP contribution is -2.41. The monoisotopic (exact) mass is 490 g/mol. The fourth-order valence-corrected chi connectivity index (χ4v) is 5.68. The van der Waals surface area contributed by atoms with Crippen LogP contribution in [-0.4, -0.2) is 54.8 Å². The Hall–Kier alpha value is -3.12. The number of fused-ring (bicyclic) bond motifs is 1. The van der Waals surface area contributed by atoms with E-state index in [0.717, 1.165) is 80.6 Å². The topological polar surface area (TPSA) is 71.9 Å². The van der Waals surface area contributed by atoms with Crippen molar-refractivity contribution in [2.24, 2.45) is 11.8 Å². The van der Waals surface area contributed by atoms with Crippen molar-refractivity contribution in [1.82, 2.24) is 9.88 Å². The van der Waals surface area contributed by atoms with E-state index in [1.165, 1.54) is 11.1 Å². The number of carbonyl (C=O) groups is 1. The molecule has 2 aromatic carbocycles. The van der Waals surface area contributed by atoms with Crippen molar-refractivity contribution in [3.63, 3.8) is 0 Å². The molecule has 0 spiro atoms. The number of ether oxygens (including phenoxy) is 2. The first kappa shape index (κ1) is 26.0. The number of hydrogen-bond acceptors (Lipinski definition) is 5. The molecule has 36 heavy (non-hydrogen) atoms. The standard InChI is InChI=1S/C30H38N2O4/c1-35-26-12-13-28-27(20-26)23(14-16-31-28)9-5-8-22-15-18-32(21-25(22)19-30(33)34)17-6-10-24-7-3-4-11-29(24)36-2/h3-4,7,11-14,16,20,22,25H,5-6,8-10,15,17-19,21H2,1-2H3,(H,33,34)/t22-,25+/m1/s1. The summed E-state index contributed by atoms with van der Waals surface area (Å²) >= 11 is 0. The molecule has 0 aliphatic carbocycles. The first-order chi connectivity index (χ1) is 17.6. The summed E-state index contributed by atoms with van der Waals surface area (Å²) in [6.45, 7) is 2.91. The molecule has 0 unspecified atom stereocenters.